The van der Waals surface area contributed by atoms with Crippen molar-refractivity contribution < 1.29 is 32.6 Å². The standard InChI is InChI=1S/C20H17F2NO5/c1-12(18(24)15-5-9-17(10-6-15)28-20(21)22)27-19(25)13(2)26-16-7-3-14(11-23)4-8-16/h3-10,12-13,20H,1-2H3/t12-,13+/m1/s1. The van der Waals surface area contributed by atoms with Gasteiger partial charge in [0.15, 0.2) is 12.2 Å². The summed E-state index contributed by atoms with van der Waals surface area (Å²) in [7, 11) is 0. The second kappa shape index (κ2) is 9.46. The number of carbonyl (C=O) groups excluding carboxylic acids is 2. The highest BCUT2D eigenvalue weighted by Gasteiger charge is 2.24. The second-order valence-corrected chi connectivity index (χ2v) is 5.74. The number of halogens is 2. The number of rotatable bonds is 8. The molecule has 0 spiro atoms. The summed E-state index contributed by atoms with van der Waals surface area (Å²) >= 11 is 0. The molecule has 0 bridgehead atoms. The molecule has 0 unspecified atom stereocenters. The zero-order valence-corrected chi connectivity index (χ0v) is 15.1. The molecule has 0 aromatic heterocycles. The monoisotopic (exact) mass is 389 g/mol. The lowest BCUT2D eigenvalue weighted by atomic mass is 10.1. The van der Waals surface area contributed by atoms with Gasteiger partial charge in [0.2, 0.25) is 5.78 Å². The van der Waals surface area contributed by atoms with Crippen molar-refractivity contribution in [2.45, 2.75) is 32.7 Å². The van der Waals surface area contributed by atoms with Crippen molar-refractivity contribution in [1.82, 2.24) is 0 Å². The average molecular weight is 389 g/mol. The minimum absolute atomic E-state index is 0.0827. The smallest absolute Gasteiger partial charge is 0.387 e. The third-order valence-electron chi connectivity index (χ3n) is 3.65. The normalized spacial score (nSPS) is 12.6. The molecule has 0 saturated heterocycles. The molecule has 0 amide bonds. The molecule has 0 aliphatic heterocycles. The molecule has 2 aromatic carbocycles. The van der Waals surface area contributed by atoms with Crippen molar-refractivity contribution in [1.29, 1.82) is 5.26 Å². The number of benzene rings is 2. The number of nitrogens with zero attached hydrogens (tertiary/aromatic N) is 1. The summed E-state index contributed by atoms with van der Waals surface area (Å²) in [6.07, 6.45) is -2.08. The van der Waals surface area contributed by atoms with Crippen LogP contribution >= 0.6 is 0 Å². The number of hydrogen-bond donors (Lipinski definition) is 0. The minimum Gasteiger partial charge on any atom is -0.479 e. The summed E-state index contributed by atoms with van der Waals surface area (Å²) in [6, 6.07) is 13.2. The SMILES string of the molecule is C[C@H](Oc1ccc(C#N)cc1)C(=O)O[C@H](C)C(=O)c1ccc(OC(F)F)cc1. The Kier molecular flexibility index (Phi) is 7.04. The van der Waals surface area contributed by atoms with Crippen molar-refractivity contribution in [3.05, 3.63) is 59.7 Å². The van der Waals surface area contributed by atoms with Crippen LogP contribution in [0, 0.1) is 11.3 Å². The highest BCUT2D eigenvalue weighted by atomic mass is 19.3. The van der Waals surface area contributed by atoms with Crippen LogP contribution in [0.1, 0.15) is 29.8 Å². The van der Waals surface area contributed by atoms with Crippen LogP contribution in [0.25, 0.3) is 0 Å². The predicted molar refractivity (Wildman–Crippen MR) is 94.2 cm³/mol. The zero-order chi connectivity index (χ0) is 20.7. The first kappa shape index (κ1) is 20.8. The second-order valence-electron chi connectivity index (χ2n) is 5.74. The van der Waals surface area contributed by atoms with Gasteiger partial charge in [-0.15, -0.1) is 0 Å². The third kappa shape index (κ3) is 5.77. The first-order chi connectivity index (χ1) is 13.3. The van der Waals surface area contributed by atoms with Gasteiger partial charge in [-0.05, 0) is 62.4 Å². The fraction of sp³-hybridized carbons (Fsp3) is 0.250. The molecule has 2 aromatic rings. The van der Waals surface area contributed by atoms with Crippen molar-refractivity contribution >= 4 is 11.8 Å². The lowest BCUT2D eigenvalue weighted by Gasteiger charge is -2.17. The molecule has 2 rings (SSSR count). The maximum absolute atomic E-state index is 12.3. The molecule has 8 heteroatoms. The molecule has 0 radical (unpaired) electrons. The lowest BCUT2D eigenvalue weighted by Crippen LogP contribution is -2.32. The highest BCUT2D eigenvalue weighted by molar-refractivity contribution is 6.00. The molecule has 0 heterocycles. The Bertz CT molecular complexity index is 860. The Morgan fingerprint density at radius 1 is 0.893 bits per heavy atom. The number of esters is 1. The summed E-state index contributed by atoms with van der Waals surface area (Å²) in [5, 5.41) is 8.76. The number of alkyl halides is 2. The van der Waals surface area contributed by atoms with Crippen LogP contribution in [0.4, 0.5) is 8.78 Å². The summed E-state index contributed by atoms with van der Waals surface area (Å²) in [6.45, 7) is -0.0917. The molecule has 28 heavy (non-hydrogen) atoms. The summed E-state index contributed by atoms with van der Waals surface area (Å²) in [5.41, 5.74) is 0.634. The van der Waals surface area contributed by atoms with Gasteiger partial charge in [-0.25, -0.2) is 4.79 Å². The van der Waals surface area contributed by atoms with Crippen LogP contribution in [0.5, 0.6) is 11.5 Å². The first-order valence-corrected chi connectivity index (χ1v) is 8.26. The minimum atomic E-state index is -2.96. The lowest BCUT2D eigenvalue weighted by molar-refractivity contribution is -0.153. The highest BCUT2D eigenvalue weighted by Crippen LogP contribution is 2.18. The van der Waals surface area contributed by atoms with Crippen molar-refractivity contribution in [3.63, 3.8) is 0 Å². The van der Waals surface area contributed by atoms with Crippen LogP contribution < -0.4 is 9.47 Å². The molecule has 146 valence electrons. The zero-order valence-electron chi connectivity index (χ0n) is 15.1. The summed E-state index contributed by atoms with van der Waals surface area (Å²) in [5.74, 6) is -0.955. The molecule has 2 atom stereocenters. The van der Waals surface area contributed by atoms with Gasteiger partial charge >= 0.3 is 12.6 Å². The maximum Gasteiger partial charge on any atom is 0.387 e. The molecule has 0 saturated carbocycles. The Hall–Kier alpha value is -3.47. The van der Waals surface area contributed by atoms with E-state index in [0.29, 0.717) is 11.3 Å². The Balaban J connectivity index is 1.92. The molecule has 0 aliphatic carbocycles. The van der Waals surface area contributed by atoms with Crippen LogP contribution in [0.2, 0.25) is 0 Å². The Morgan fingerprint density at radius 3 is 1.96 bits per heavy atom. The van der Waals surface area contributed by atoms with E-state index in [9.17, 15) is 18.4 Å². The van der Waals surface area contributed by atoms with Gasteiger partial charge in [-0.1, -0.05) is 0 Å². The van der Waals surface area contributed by atoms with Crippen LogP contribution in [-0.4, -0.2) is 30.6 Å². The van der Waals surface area contributed by atoms with Crippen LogP contribution in [-0.2, 0) is 9.53 Å². The number of hydrogen-bond acceptors (Lipinski definition) is 6. The molecular weight excluding hydrogens is 372 g/mol. The molecule has 0 N–H and O–H groups in total. The topological polar surface area (TPSA) is 85.6 Å². The van der Waals surface area contributed by atoms with E-state index in [2.05, 4.69) is 4.74 Å². The van der Waals surface area contributed by atoms with E-state index in [-0.39, 0.29) is 11.3 Å². The summed E-state index contributed by atoms with van der Waals surface area (Å²) in [4.78, 5) is 24.5. The van der Waals surface area contributed by atoms with Crippen LogP contribution in [0.15, 0.2) is 48.5 Å². The third-order valence-corrected chi connectivity index (χ3v) is 3.65. The first-order valence-electron chi connectivity index (χ1n) is 8.26. The largest absolute Gasteiger partial charge is 0.479 e. The van der Waals surface area contributed by atoms with E-state index >= 15 is 0 Å². The van der Waals surface area contributed by atoms with Crippen LogP contribution in [0.3, 0.4) is 0 Å². The molecule has 0 fully saturated rings. The quantitative estimate of drug-likeness (QED) is 0.505. The number of Topliss-reactive ketones (excluding diaryl/α,β-unsaturated/α-hetero) is 1. The van der Waals surface area contributed by atoms with Gasteiger partial charge in [-0.2, -0.15) is 14.0 Å². The maximum atomic E-state index is 12.3. The number of carbonyl (C=O) groups is 2. The Labute approximate surface area is 160 Å². The number of ketones is 1. The van der Waals surface area contributed by atoms with Gasteiger partial charge in [0.05, 0.1) is 11.6 Å². The van der Waals surface area contributed by atoms with Crippen molar-refractivity contribution in [3.8, 4) is 17.6 Å². The number of ether oxygens (including phenoxy) is 3. The van der Waals surface area contributed by atoms with Gasteiger partial charge < -0.3 is 14.2 Å². The van der Waals surface area contributed by atoms with E-state index in [1.165, 1.54) is 38.1 Å². The Morgan fingerprint density at radius 2 is 1.43 bits per heavy atom. The van der Waals surface area contributed by atoms with Crippen molar-refractivity contribution in [2.75, 3.05) is 0 Å². The fourth-order valence-corrected chi connectivity index (χ4v) is 2.22. The predicted octanol–water partition coefficient (Wildman–Crippen LogP) is 3.74. The van der Waals surface area contributed by atoms with E-state index < -0.39 is 30.6 Å². The van der Waals surface area contributed by atoms with Gasteiger partial charge in [0.1, 0.15) is 11.5 Å². The van der Waals surface area contributed by atoms with E-state index in [4.69, 9.17) is 14.7 Å². The van der Waals surface area contributed by atoms with Gasteiger partial charge in [0, 0.05) is 5.56 Å². The number of nitriles is 1. The molecule has 0 aliphatic rings. The molecule has 6 nitrogen and oxygen atoms in total. The van der Waals surface area contributed by atoms with Gasteiger partial charge in [-0.3, -0.25) is 4.79 Å². The van der Waals surface area contributed by atoms with Gasteiger partial charge in [0.25, 0.3) is 0 Å². The van der Waals surface area contributed by atoms with E-state index in [0.717, 1.165) is 0 Å². The molecular formula is C20H17F2NO5. The average Bonchev–Trinajstić information content (AvgIpc) is 2.68. The van der Waals surface area contributed by atoms with E-state index in [1.807, 2.05) is 6.07 Å². The van der Waals surface area contributed by atoms with Crippen molar-refractivity contribution in [2.24, 2.45) is 0 Å². The van der Waals surface area contributed by atoms with E-state index in [1.54, 1.807) is 24.3 Å². The fourth-order valence-electron chi connectivity index (χ4n) is 2.22. The summed E-state index contributed by atoms with van der Waals surface area (Å²) < 4.78 is 39.1.